The van der Waals surface area contributed by atoms with E-state index in [9.17, 15) is 0 Å². The van der Waals surface area contributed by atoms with Gasteiger partial charge < -0.3 is 5.32 Å². The molecule has 0 fully saturated rings. The Kier molecular flexibility index (Phi) is 5.13. The molecule has 0 spiro atoms. The molecule has 1 N–H and O–H groups in total. The molecule has 1 aromatic carbocycles. The van der Waals surface area contributed by atoms with Crippen molar-refractivity contribution in [2.75, 3.05) is 6.54 Å². The predicted octanol–water partition coefficient (Wildman–Crippen LogP) is 3.96. The van der Waals surface area contributed by atoms with E-state index in [1.54, 1.807) is 0 Å². The zero-order valence-corrected chi connectivity index (χ0v) is 11.7. The summed E-state index contributed by atoms with van der Waals surface area (Å²) in [5, 5.41) is 3.42. The lowest BCUT2D eigenvalue weighted by Gasteiger charge is -2.09. The maximum atomic E-state index is 3.54. The third-order valence-corrected chi connectivity index (χ3v) is 3.14. The van der Waals surface area contributed by atoms with Crippen molar-refractivity contribution in [1.82, 2.24) is 5.32 Å². The first-order chi connectivity index (χ1) is 6.59. The van der Waals surface area contributed by atoms with Crippen LogP contribution in [0, 0.1) is 5.92 Å². The Hall–Kier alpha value is 0.140. The van der Waals surface area contributed by atoms with Gasteiger partial charge in [0, 0.05) is 15.5 Å². The highest BCUT2D eigenvalue weighted by molar-refractivity contribution is 9.11. The molecule has 0 radical (unpaired) electrons. The van der Waals surface area contributed by atoms with Gasteiger partial charge in [0.05, 0.1) is 0 Å². The van der Waals surface area contributed by atoms with Crippen molar-refractivity contribution >= 4 is 31.9 Å². The topological polar surface area (TPSA) is 12.0 Å². The lowest BCUT2D eigenvalue weighted by molar-refractivity contribution is 0.551. The molecule has 0 aliphatic heterocycles. The van der Waals surface area contributed by atoms with Crippen molar-refractivity contribution in [3.8, 4) is 0 Å². The molecule has 0 bridgehead atoms. The largest absolute Gasteiger partial charge is 0.312 e. The van der Waals surface area contributed by atoms with E-state index in [2.05, 4.69) is 63.2 Å². The summed E-state index contributed by atoms with van der Waals surface area (Å²) in [4.78, 5) is 0. The highest BCUT2D eigenvalue weighted by Gasteiger charge is 2.00. The molecule has 0 amide bonds. The van der Waals surface area contributed by atoms with Crippen LogP contribution in [-0.4, -0.2) is 6.54 Å². The van der Waals surface area contributed by atoms with Crippen LogP contribution in [0.2, 0.25) is 0 Å². The van der Waals surface area contributed by atoms with Crippen LogP contribution >= 0.6 is 31.9 Å². The minimum atomic E-state index is 0.695. The van der Waals surface area contributed by atoms with E-state index in [0.717, 1.165) is 22.0 Å². The van der Waals surface area contributed by atoms with Gasteiger partial charge >= 0.3 is 0 Å². The quantitative estimate of drug-likeness (QED) is 0.885. The number of benzene rings is 1. The minimum absolute atomic E-state index is 0.695. The normalized spacial score (nSPS) is 10.9. The Morgan fingerprint density at radius 3 is 2.64 bits per heavy atom. The van der Waals surface area contributed by atoms with Gasteiger partial charge in [-0.2, -0.15) is 0 Å². The third-order valence-electron chi connectivity index (χ3n) is 1.88. The standard InChI is InChI=1S/C11H15Br2N/c1-8(2)6-14-7-9-5-10(12)3-4-11(9)13/h3-5,8,14H,6-7H2,1-2H3. The summed E-state index contributed by atoms with van der Waals surface area (Å²) in [5.74, 6) is 0.695. The lowest BCUT2D eigenvalue weighted by Crippen LogP contribution is -2.19. The van der Waals surface area contributed by atoms with E-state index in [1.165, 1.54) is 5.56 Å². The van der Waals surface area contributed by atoms with Crippen LogP contribution in [0.1, 0.15) is 19.4 Å². The zero-order valence-electron chi connectivity index (χ0n) is 8.48. The number of halogens is 2. The fraction of sp³-hybridized carbons (Fsp3) is 0.455. The smallest absolute Gasteiger partial charge is 0.0221 e. The summed E-state index contributed by atoms with van der Waals surface area (Å²) < 4.78 is 2.29. The summed E-state index contributed by atoms with van der Waals surface area (Å²) in [6, 6.07) is 6.24. The van der Waals surface area contributed by atoms with Gasteiger partial charge in [0.2, 0.25) is 0 Å². The van der Waals surface area contributed by atoms with E-state index < -0.39 is 0 Å². The Balaban J connectivity index is 2.53. The van der Waals surface area contributed by atoms with Crippen LogP contribution < -0.4 is 5.32 Å². The molecule has 0 aliphatic rings. The van der Waals surface area contributed by atoms with E-state index in [-0.39, 0.29) is 0 Å². The van der Waals surface area contributed by atoms with Crippen molar-refractivity contribution in [2.24, 2.45) is 5.92 Å². The van der Waals surface area contributed by atoms with E-state index in [0.29, 0.717) is 5.92 Å². The fourth-order valence-electron chi connectivity index (χ4n) is 1.17. The van der Waals surface area contributed by atoms with Crippen LogP contribution in [0.5, 0.6) is 0 Å². The number of hydrogen-bond donors (Lipinski definition) is 1. The molecule has 1 nitrogen and oxygen atoms in total. The maximum absolute atomic E-state index is 3.54. The molecule has 0 saturated carbocycles. The Labute approximate surface area is 103 Å². The molecule has 0 atom stereocenters. The van der Waals surface area contributed by atoms with Gasteiger partial charge in [-0.05, 0) is 36.2 Å². The second kappa shape index (κ2) is 5.89. The third kappa shape index (κ3) is 4.11. The summed E-state index contributed by atoms with van der Waals surface area (Å²) in [7, 11) is 0. The van der Waals surface area contributed by atoms with Gasteiger partial charge in [0.25, 0.3) is 0 Å². The van der Waals surface area contributed by atoms with E-state index in [1.807, 2.05) is 6.07 Å². The highest BCUT2D eigenvalue weighted by atomic mass is 79.9. The molecular formula is C11H15Br2N. The van der Waals surface area contributed by atoms with Crippen LogP contribution in [0.15, 0.2) is 27.1 Å². The molecule has 0 heterocycles. The molecule has 0 aliphatic carbocycles. The molecule has 0 aromatic heterocycles. The van der Waals surface area contributed by atoms with Gasteiger partial charge in [-0.1, -0.05) is 45.7 Å². The van der Waals surface area contributed by atoms with Crippen molar-refractivity contribution in [3.63, 3.8) is 0 Å². The van der Waals surface area contributed by atoms with Crippen molar-refractivity contribution in [1.29, 1.82) is 0 Å². The number of rotatable bonds is 4. The van der Waals surface area contributed by atoms with Crippen molar-refractivity contribution in [3.05, 3.63) is 32.7 Å². The van der Waals surface area contributed by atoms with E-state index in [4.69, 9.17) is 0 Å². The minimum Gasteiger partial charge on any atom is -0.312 e. The maximum Gasteiger partial charge on any atom is 0.0221 e. The van der Waals surface area contributed by atoms with Gasteiger partial charge in [-0.15, -0.1) is 0 Å². The molecule has 78 valence electrons. The van der Waals surface area contributed by atoms with Crippen LogP contribution in [0.25, 0.3) is 0 Å². The molecular weight excluding hydrogens is 306 g/mol. The summed E-state index contributed by atoms with van der Waals surface area (Å²) >= 11 is 7.01. The molecule has 1 rings (SSSR count). The second-order valence-electron chi connectivity index (χ2n) is 3.76. The molecule has 3 heteroatoms. The molecule has 0 unspecified atom stereocenters. The Morgan fingerprint density at radius 2 is 2.00 bits per heavy atom. The van der Waals surface area contributed by atoms with E-state index >= 15 is 0 Å². The molecule has 0 saturated heterocycles. The molecule has 1 aromatic rings. The van der Waals surface area contributed by atoms with Crippen molar-refractivity contribution < 1.29 is 0 Å². The SMILES string of the molecule is CC(C)CNCc1cc(Br)ccc1Br. The average molecular weight is 321 g/mol. The van der Waals surface area contributed by atoms with Gasteiger partial charge in [-0.25, -0.2) is 0 Å². The van der Waals surface area contributed by atoms with Crippen LogP contribution in [-0.2, 0) is 6.54 Å². The first-order valence-corrected chi connectivity index (χ1v) is 6.33. The highest BCUT2D eigenvalue weighted by Crippen LogP contribution is 2.21. The monoisotopic (exact) mass is 319 g/mol. The van der Waals surface area contributed by atoms with Gasteiger partial charge in [-0.3, -0.25) is 0 Å². The number of hydrogen-bond acceptors (Lipinski definition) is 1. The fourth-order valence-corrected chi connectivity index (χ4v) is 1.97. The summed E-state index contributed by atoms with van der Waals surface area (Å²) in [6.07, 6.45) is 0. The first-order valence-electron chi connectivity index (χ1n) is 4.74. The Morgan fingerprint density at radius 1 is 1.29 bits per heavy atom. The second-order valence-corrected chi connectivity index (χ2v) is 5.53. The predicted molar refractivity (Wildman–Crippen MR) is 68.4 cm³/mol. The summed E-state index contributed by atoms with van der Waals surface area (Å²) in [6.45, 7) is 6.39. The van der Waals surface area contributed by atoms with Gasteiger partial charge in [0.15, 0.2) is 0 Å². The Bertz CT molecular complexity index is 297. The molecule has 14 heavy (non-hydrogen) atoms. The summed E-state index contributed by atoms with van der Waals surface area (Å²) in [5.41, 5.74) is 1.29. The van der Waals surface area contributed by atoms with Crippen LogP contribution in [0.3, 0.4) is 0 Å². The zero-order chi connectivity index (χ0) is 10.6. The first kappa shape index (κ1) is 12.2. The average Bonchev–Trinajstić information content (AvgIpc) is 2.10. The van der Waals surface area contributed by atoms with Crippen LogP contribution in [0.4, 0.5) is 0 Å². The number of nitrogens with one attached hydrogen (secondary N) is 1. The van der Waals surface area contributed by atoms with Crippen molar-refractivity contribution in [2.45, 2.75) is 20.4 Å². The van der Waals surface area contributed by atoms with Gasteiger partial charge in [0.1, 0.15) is 0 Å². The lowest BCUT2D eigenvalue weighted by atomic mass is 10.2.